The van der Waals surface area contributed by atoms with E-state index in [1.165, 1.54) is 10.4 Å². The van der Waals surface area contributed by atoms with Gasteiger partial charge in [-0.25, -0.2) is 0 Å². The van der Waals surface area contributed by atoms with E-state index in [-0.39, 0.29) is 0 Å². The molecule has 0 bridgehead atoms. The molecule has 3 nitrogen and oxygen atoms in total. The zero-order valence-electron chi connectivity index (χ0n) is 9.10. The molecule has 0 aliphatic heterocycles. The first kappa shape index (κ1) is 10.4. The minimum absolute atomic E-state index is 0.989. The maximum absolute atomic E-state index is 4.21. The Morgan fingerprint density at radius 1 is 1.40 bits per heavy atom. The maximum atomic E-state index is 4.21. The third-order valence-electron chi connectivity index (χ3n) is 2.41. The van der Waals surface area contributed by atoms with Crippen molar-refractivity contribution in [2.75, 3.05) is 0 Å². The van der Waals surface area contributed by atoms with E-state index in [4.69, 9.17) is 0 Å². The lowest BCUT2D eigenvalue weighted by atomic mass is 10.2. The van der Waals surface area contributed by atoms with E-state index in [2.05, 4.69) is 40.1 Å². The first-order valence-corrected chi connectivity index (χ1v) is 6.19. The summed E-state index contributed by atoms with van der Waals surface area (Å²) in [5.74, 6) is 1.02. The molecular weight excluding hydrogens is 206 g/mol. The molecule has 15 heavy (non-hydrogen) atoms. The highest BCUT2D eigenvalue weighted by Crippen LogP contribution is 2.28. The van der Waals surface area contributed by atoms with Gasteiger partial charge in [-0.15, -0.1) is 21.5 Å². The van der Waals surface area contributed by atoms with Gasteiger partial charge in [0.05, 0.1) is 4.88 Å². The fourth-order valence-electron chi connectivity index (χ4n) is 1.65. The van der Waals surface area contributed by atoms with Crippen LogP contribution < -0.4 is 0 Å². The molecule has 2 aromatic heterocycles. The molecule has 0 saturated carbocycles. The summed E-state index contributed by atoms with van der Waals surface area (Å²) >= 11 is 1.75. The van der Waals surface area contributed by atoms with Crippen LogP contribution in [0.5, 0.6) is 0 Å². The minimum atomic E-state index is 0.989. The largest absolute Gasteiger partial charge is 0.313 e. The van der Waals surface area contributed by atoms with Crippen LogP contribution in [-0.4, -0.2) is 14.8 Å². The third-order valence-corrected chi connectivity index (χ3v) is 3.36. The molecule has 0 spiro atoms. The summed E-state index contributed by atoms with van der Waals surface area (Å²) in [5.41, 5.74) is 1.37. The van der Waals surface area contributed by atoms with Crippen LogP contribution in [0.3, 0.4) is 0 Å². The van der Waals surface area contributed by atoms with Crippen LogP contribution in [0.25, 0.3) is 10.7 Å². The second-order valence-electron chi connectivity index (χ2n) is 3.48. The molecule has 0 radical (unpaired) electrons. The van der Waals surface area contributed by atoms with Crippen molar-refractivity contribution in [2.24, 2.45) is 0 Å². The number of aryl methyl sites for hydroxylation is 2. The second kappa shape index (κ2) is 4.57. The summed E-state index contributed by atoms with van der Waals surface area (Å²) in [4.78, 5) is 1.27. The Labute approximate surface area is 93.8 Å². The SMILES string of the molecule is CCCn1cnnc1-c1sccc1CC. The standard InChI is InChI=1S/C11H15N3S/c1-3-6-14-8-12-13-11(14)10-9(4-2)5-7-15-10/h5,7-8H,3-4,6H2,1-2H3. The lowest BCUT2D eigenvalue weighted by Crippen LogP contribution is -1.98. The summed E-state index contributed by atoms with van der Waals surface area (Å²) < 4.78 is 2.13. The smallest absolute Gasteiger partial charge is 0.174 e. The van der Waals surface area contributed by atoms with Crippen molar-refractivity contribution in [2.45, 2.75) is 33.2 Å². The van der Waals surface area contributed by atoms with Crippen LogP contribution >= 0.6 is 11.3 Å². The maximum Gasteiger partial charge on any atom is 0.174 e. The van der Waals surface area contributed by atoms with Crippen molar-refractivity contribution >= 4 is 11.3 Å². The molecule has 0 aromatic carbocycles. The Balaban J connectivity index is 2.40. The predicted molar refractivity (Wildman–Crippen MR) is 63.0 cm³/mol. The van der Waals surface area contributed by atoms with Gasteiger partial charge in [0.1, 0.15) is 6.33 Å². The van der Waals surface area contributed by atoms with Crippen molar-refractivity contribution in [3.63, 3.8) is 0 Å². The van der Waals surface area contributed by atoms with Crippen LogP contribution in [0.1, 0.15) is 25.8 Å². The number of aromatic nitrogens is 3. The zero-order chi connectivity index (χ0) is 10.7. The van der Waals surface area contributed by atoms with Crippen LogP contribution in [-0.2, 0) is 13.0 Å². The normalized spacial score (nSPS) is 10.8. The van der Waals surface area contributed by atoms with Gasteiger partial charge in [0.2, 0.25) is 0 Å². The van der Waals surface area contributed by atoms with Gasteiger partial charge in [0.25, 0.3) is 0 Å². The monoisotopic (exact) mass is 221 g/mol. The average molecular weight is 221 g/mol. The van der Waals surface area contributed by atoms with Crippen molar-refractivity contribution in [3.05, 3.63) is 23.3 Å². The fraction of sp³-hybridized carbons (Fsp3) is 0.455. The van der Waals surface area contributed by atoms with E-state index in [1.54, 1.807) is 11.3 Å². The van der Waals surface area contributed by atoms with Crippen LogP contribution in [0, 0.1) is 0 Å². The summed E-state index contributed by atoms with van der Waals surface area (Å²) in [7, 11) is 0. The molecule has 0 atom stereocenters. The Morgan fingerprint density at radius 2 is 2.27 bits per heavy atom. The molecule has 0 unspecified atom stereocenters. The van der Waals surface area contributed by atoms with Crippen molar-refractivity contribution < 1.29 is 0 Å². The molecule has 2 heterocycles. The molecule has 4 heteroatoms. The molecule has 2 aromatic rings. The Bertz CT molecular complexity index is 430. The Morgan fingerprint density at radius 3 is 3.00 bits per heavy atom. The van der Waals surface area contributed by atoms with E-state index < -0.39 is 0 Å². The molecular formula is C11H15N3S. The van der Waals surface area contributed by atoms with Crippen molar-refractivity contribution in [1.82, 2.24) is 14.8 Å². The van der Waals surface area contributed by atoms with Gasteiger partial charge in [-0.3, -0.25) is 0 Å². The molecule has 0 aliphatic rings. The number of hydrogen-bond acceptors (Lipinski definition) is 3. The van der Waals surface area contributed by atoms with Gasteiger partial charge >= 0.3 is 0 Å². The van der Waals surface area contributed by atoms with Crippen molar-refractivity contribution in [3.8, 4) is 10.7 Å². The van der Waals surface area contributed by atoms with Gasteiger partial charge in [-0.1, -0.05) is 13.8 Å². The van der Waals surface area contributed by atoms with Crippen LogP contribution in [0.2, 0.25) is 0 Å². The van der Waals surface area contributed by atoms with E-state index >= 15 is 0 Å². The highest BCUT2D eigenvalue weighted by molar-refractivity contribution is 7.13. The van der Waals surface area contributed by atoms with E-state index in [1.807, 2.05) is 6.33 Å². The molecule has 0 aliphatic carbocycles. The van der Waals surface area contributed by atoms with E-state index in [0.717, 1.165) is 25.2 Å². The molecule has 0 saturated heterocycles. The first-order valence-electron chi connectivity index (χ1n) is 5.31. The van der Waals surface area contributed by atoms with E-state index in [9.17, 15) is 0 Å². The zero-order valence-corrected chi connectivity index (χ0v) is 9.92. The van der Waals surface area contributed by atoms with Gasteiger partial charge in [0.15, 0.2) is 5.82 Å². The van der Waals surface area contributed by atoms with Gasteiger partial charge in [-0.05, 0) is 29.9 Å². The quantitative estimate of drug-likeness (QED) is 0.794. The summed E-state index contributed by atoms with van der Waals surface area (Å²) in [6.07, 6.45) is 3.98. The number of nitrogens with zero attached hydrogens (tertiary/aromatic N) is 3. The van der Waals surface area contributed by atoms with Gasteiger partial charge in [-0.2, -0.15) is 0 Å². The lowest BCUT2D eigenvalue weighted by molar-refractivity contribution is 0.683. The number of thiophene rings is 1. The Kier molecular flexibility index (Phi) is 3.16. The molecule has 0 amide bonds. The third kappa shape index (κ3) is 1.95. The summed E-state index contributed by atoms with van der Waals surface area (Å²) in [6.45, 7) is 5.33. The Hall–Kier alpha value is -1.16. The van der Waals surface area contributed by atoms with Crippen LogP contribution in [0.4, 0.5) is 0 Å². The first-order chi connectivity index (χ1) is 7.36. The predicted octanol–water partition coefficient (Wildman–Crippen LogP) is 2.98. The highest BCUT2D eigenvalue weighted by Gasteiger charge is 2.11. The summed E-state index contributed by atoms with van der Waals surface area (Å²) in [6, 6.07) is 2.17. The van der Waals surface area contributed by atoms with Crippen LogP contribution in [0.15, 0.2) is 17.8 Å². The molecule has 80 valence electrons. The van der Waals surface area contributed by atoms with Gasteiger partial charge in [0, 0.05) is 6.54 Å². The molecule has 2 rings (SSSR count). The van der Waals surface area contributed by atoms with Gasteiger partial charge < -0.3 is 4.57 Å². The average Bonchev–Trinajstić information content (AvgIpc) is 2.84. The topological polar surface area (TPSA) is 30.7 Å². The van der Waals surface area contributed by atoms with Crippen molar-refractivity contribution in [1.29, 1.82) is 0 Å². The fourth-order valence-corrected chi connectivity index (χ4v) is 2.64. The summed E-state index contributed by atoms with van der Waals surface area (Å²) in [5, 5.41) is 10.3. The minimum Gasteiger partial charge on any atom is -0.313 e. The number of hydrogen-bond donors (Lipinski definition) is 0. The molecule has 0 fully saturated rings. The van der Waals surface area contributed by atoms with E-state index in [0.29, 0.717) is 0 Å². The number of rotatable bonds is 4. The second-order valence-corrected chi connectivity index (χ2v) is 4.39. The lowest BCUT2D eigenvalue weighted by Gasteiger charge is -2.04. The molecule has 0 N–H and O–H groups in total. The highest BCUT2D eigenvalue weighted by atomic mass is 32.1.